The molecule has 0 bridgehead atoms. The molecule has 2 rings (SSSR count). The van der Waals surface area contributed by atoms with Gasteiger partial charge < -0.3 is 10.2 Å². The molecule has 118 valence electrons. The average Bonchev–Trinajstić information content (AvgIpc) is 2.50. The van der Waals surface area contributed by atoms with Crippen LogP contribution in [0.4, 0.5) is 5.82 Å². The molecule has 1 N–H and O–H groups in total. The highest BCUT2D eigenvalue weighted by molar-refractivity contribution is 5.47. The van der Waals surface area contributed by atoms with Gasteiger partial charge in [0.1, 0.15) is 5.82 Å². The molecule has 1 aliphatic rings. The van der Waals surface area contributed by atoms with Crippen LogP contribution in [0.15, 0.2) is 18.3 Å². The third-order valence-electron chi connectivity index (χ3n) is 4.36. The molecule has 21 heavy (non-hydrogen) atoms. The molecule has 1 heterocycles. The van der Waals surface area contributed by atoms with Crippen LogP contribution in [-0.2, 0) is 6.54 Å². The van der Waals surface area contributed by atoms with Crippen LogP contribution in [0.5, 0.6) is 0 Å². The molecule has 1 fully saturated rings. The minimum atomic E-state index is 0.683. The molecular formula is C18H31N3. The Bertz CT molecular complexity index is 411. The highest BCUT2D eigenvalue weighted by Crippen LogP contribution is 2.28. The number of nitrogens with zero attached hydrogens (tertiary/aromatic N) is 2. The van der Waals surface area contributed by atoms with Crippen molar-refractivity contribution < 1.29 is 0 Å². The highest BCUT2D eigenvalue weighted by atomic mass is 15.2. The summed E-state index contributed by atoms with van der Waals surface area (Å²) in [5.74, 6) is 1.88. The van der Waals surface area contributed by atoms with Crippen LogP contribution in [0.25, 0.3) is 0 Å². The van der Waals surface area contributed by atoms with Gasteiger partial charge in [0.05, 0.1) is 0 Å². The number of hydrogen-bond donors (Lipinski definition) is 1. The zero-order chi connectivity index (χ0) is 15.1. The molecule has 1 saturated carbocycles. The van der Waals surface area contributed by atoms with E-state index in [0.29, 0.717) is 12.0 Å². The lowest BCUT2D eigenvalue weighted by Crippen LogP contribution is -2.38. The van der Waals surface area contributed by atoms with Gasteiger partial charge in [-0.1, -0.05) is 39.2 Å². The maximum atomic E-state index is 4.71. The molecule has 1 aliphatic carbocycles. The molecule has 0 atom stereocenters. The number of hydrogen-bond acceptors (Lipinski definition) is 3. The molecule has 0 amide bonds. The van der Waals surface area contributed by atoms with Crippen LogP contribution in [0, 0.1) is 5.92 Å². The summed E-state index contributed by atoms with van der Waals surface area (Å²) >= 11 is 0. The van der Waals surface area contributed by atoms with Crippen molar-refractivity contribution in [1.82, 2.24) is 10.3 Å². The fraction of sp³-hybridized carbons (Fsp3) is 0.722. The number of pyridine rings is 1. The van der Waals surface area contributed by atoms with Crippen molar-refractivity contribution in [3.05, 3.63) is 23.9 Å². The molecule has 0 saturated heterocycles. The molecule has 3 nitrogen and oxygen atoms in total. The molecule has 1 aromatic rings. The van der Waals surface area contributed by atoms with E-state index in [-0.39, 0.29) is 0 Å². The van der Waals surface area contributed by atoms with Crippen molar-refractivity contribution in [1.29, 1.82) is 0 Å². The largest absolute Gasteiger partial charge is 0.354 e. The van der Waals surface area contributed by atoms with Gasteiger partial charge in [-0.15, -0.1) is 0 Å². The van der Waals surface area contributed by atoms with Crippen molar-refractivity contribution >= 4 is 5.82 Å². The summed E-state index contributed by atoms with van der Waals surface area (Å²) in [5, 5.41) is 3.56. The summed E-state index contributed by atoms with van der Waals surface area (Å²) in [6.45, 7) is 9.79. The van der Waals surface area contributed by atoms with Crippen molar-refractivity contribution in [2.75, 3.05) is 18.0 Å². The second-order valence-electron chi connectivity index (χ2n) is 6.59. The zero-order valence-electron chi connectivity index (χ0n) is 13.9. The summed E-state index contributed by atoms with van der Waals surface area (Å²) in [5.41, 5.74) is 1.34. The average molecular weight is 289 g/mol. The van der Waals surface area contributed by atoms with Crippen molar-refractivity contribution in [3.8, 4) is 0 Å². The van der Waals surface area contributed by atoms with E-state index < -0.39 is 0 Å². The topological polar surface area (TPSA) is 28.2 Å². The van der Waals surface area contributed by atoms with Crippen LogP contribution in [0.1, 0.15) is 58.4 Å². The van der Waals surface area contributed by atoms with Crippen molar-refractivity contribution in [2.24, 2.45) is 5.92 Å². The van der Waals surface area contributed by atoms with Crippen LogP contribution in [0.2, 0.25) is 0 Å². The summed E-state index contributed by atoms with van der Waals surface area (Å²) in [6.07, 6.45) is 8.72. The minimum Gasteiger partial charge on any atom is -0.354 e. The van der Waals surface area contributed by atoms with E-state index in [9.17, 15) is 0 Å². The lowest BCUT2D eigenvalue weighted by atomic mass is 9.94. The SMILES string of the molecule is CCN(c1ncccc1CNCC(C)C)C1CCCCC1. The lowest BCUT2D eigenvalue weighted by molar-refractivity contribution is 0.415. The zero-order valence-corrected chi connectivity index (χ0v) is 13.9. The van der Waals surface area contributed by atoms with Gasteiger partial charge in [0.25, 0.3) is 0 Å². The normalized spacial score (nSPS) is 16.4. The number of aromatic nitrogens is 1. The van der Waals surface area contributed by atoms with Gasteiger partial charge >= 0.3 is 0 Å². The Hall–Kier alpha value is -1.09. The summed E-state index contributed by atoms with van der Waals surface area (Å²) in [7, 11) is 0. The first-order chi connectivity index (χ1) is 10.2. The predicted octanol–water partition coefficient (Wildman–Crippen LogP) is 3.99. The number of anilines is 1. The van der Waals surface area contributed by atoms with Gasteiger partial charge in [0.2, 0.25) is 0 Å². The van der Waals surface area contributed by atoms with E-state index in [4.69, 9.17) is 4.98 Å². The summed E-state index contributed by atoms with van der Waals surface area (Å²) in [6, 6.07) is 4.97. The monoisotopic (exact) mass is 289 g/mol. The maximum Gasteiger partial charge on any atom is 0.133 e. The van der Waals surface area contributed by atoms with Crippen LogP contribution in [-0.4, -0.2) is 24.1 Å². The first-order valence-electron chi connectivity index (χ1n) is 8.63. The van der Waals surface area contributed by atoms with Crippen LogP contribution in [0.3, 0.4) is 0 Å². The molecule has 1 aromatic heterocycles. The highest BCUT2D eigenvalue weighted by Gasteiger charge is 2.22. The predicted molar refractivity (Wildman–Crippen MR) is 90.7 cm³/mol. The van der Waals surface area contributed by atoms with Crippen molar-refractivity contribution in [2.45, 2.75) is 65.5 Å². The Labute approximate surface area is 130 Å². The quantitative estimate of drug-likeness (QED) is 0.822. The molecule has 0 aromatic carbocycles. The standard InChI is InChI=1S/C18H31N3/c1-4-21(17-10-6-5-7-11-17)18-16(9-8-12-20-18)14-19-13-15(2)3/h8-9,12,15,17,19H,4-7,10-11,13-14H2,1-3H3. The van der Waals surface area contributed by atoms with Gasteiger partial charge in [-0.2, -0.15) is 0 Å². The maximum absolute atomic E-state index is 4.71. The van der Waals surface area contributed by atoms with Crippen LogP contribution >= 0.6 is 0 Å². The fourth-order valence-electron chi connectivity index (χ4n) is 3.30. The third kappa shape index (κ3) is 4.70. The molecule has 0 spiro atoms. The van der Waals surface area contributed by atoms with Crippen molar-refractivity contribution in [3.63, 3.8) is 0 Å². The Morgan fingerprint density at radius 3 is 2.71 bits per heavy atom. The van der Waals surface area contributed by atoms with Gasteiger partial charge in [-0.25, -0.2) is 4.98 Å². The number of nitrogens with one attached hydrogen (secondary N) is 1. The lowest BCUT2D eigenvalue weighted by Gasteiger charge is -2.35. The van der Waals surface area contributed by atoms with E-state index in [1.165, 1.54) is 43.5 Å². The number of rotatable bonds is 7. The van der Waals surface area contributed by atoms with E-state index in [1.54, 1.807) is 0 Å². The van der Waals surface area contributed by atoms with E-state index >= 15 is 0 Å². The Balaban J connectivity index is 2.08. The van der Waals surface area contributed by atoms with Gasteiger partial charge in [-0.3, -0.25) is 0 Å². The molecule has 0 unspecified atom stereocenters. The Kier molecular flexibility index (Phi) is 6.50. The minimum absolute atomic E-state index is 0.683. The second kappa shape index (κ2) is 8.38. The van der Waals surface area contributed by atoms with Gasteiger partial charge in [0.15, 0.2) is 0 Å². The smallest absolute Gasteiger partial charge is 0.133 e. The molecular weight excluding hydrogens is 258 g/mol. The fourth-order valence-corrected chi connectivity index (χ4v) is 3.30. The van der Waals surface area contributed by atoms with Gasteiger partial charge in [-0.05, 0) is 38.3 Å². The first kappa shape index (κ1) is 16.3. The van der Waals surface area contributed by atoms with Crippen LogP contribution < -0.4 is 10.2 Å². The third-order valence-corrected chi connectivity index (χ3v) is 4.36. The first-order valence-corrected chi connectivity index (χ1v) is 8.63. The van der Waals surface area contributed by atoms with E-state index in [0.717, 1.165) is 19.6 Å². The Morgan fingerprint density at radius 1 is 1.29 bits per heavy atom. The van der Waals surface area contributed by atoms with Gasteiger partial charge in [0, 0.05) is 30.9 Å². The summed E-state index contributed by atoms with van der Waals surface area (Å²) in [4.78, 5) is 7.24. The second-order valence-corrected chi connectivity index (χ2v) is 6.59. The summed E-state index contributed by atoms with van der Waals surface area (Å²) < 4.78 is 0. The van der Waals surface area contributed by atoms with E-state index in [1.807, 2.05) is 6.20 Å². The Morgan fingerprint density at radius 2 is 2.05 bits per heavy atom. The molecule has 0 radical (unpaired) electrons. The van der Waals surface area contributed by atoms with E-state index in [2.05, 4.69) is 43.1 Å². The molecule has 3 heteroatoms. The molecule has 0 aliphatic heterocycles.